The highest BCUT2D eigenvalue weighted by Gasteiger charge is 1.99. The Labute approximate surface area is 115 Å². The minimum Gasteiger partial charge on any atom is -0.291 e. The molecule has 2 N–H and O–H groups in total. The number of rotatable bonds is 5. The van der Waals surface area contributed by atoms with Crippen molar-refractivity contribution < 1.29 is 4.39 Å². The normalized spacial score (nSPS) is 10.9. The van der Waals surface area contributed by atoms with Crippen LogP contribution in [0.1, 0.15) is 24.6 Å². The van der Waals surface area contributed by atoms with Crippen LogP contribution in [-0.4, -0.2) is 16.2 Å². The lowest BCUT2D eigenvalue weighted by atomic mass is 10.2. The van der Waals surface area contributed by atoms with E-state index in [0.717, 1.165) is 12.8 Å². The lowest BCUT2D eigenvalue weighted by Crippen LogP contribution is -2.11. The summed E-state index contributed by atoms with van der Waals surface area (Å²) in [5.74, 6) is -0.0565. The zero-order valence-electron chi connectivity index (χ0n) is 11.1. The van der Waals surface area contributed by atoms with Crippen LogP contribution in [0.3, 0.4) is 0 Å². The summed E-state index contributed by atoms with van der Waals surface area (Å²) in [5.41, 5.74) is 3.73. The van der Waals surface area contributed by atoms with Gasteiger partial charge < -0.3 is 0 Å². The number of hydrogen-bond acceptors (Lipinski definition) is 4. The second-order valence-corrected chi connectivity index (χ2v) is 4.26. The van der Waals surface area contributed by atoms with Crippen molar-refractivity contribution >= 4 is 12.2 Å². The highest BCUT2D eigenvalue weighted by Crippen LogP contribution is 2.02. The van der Waals surface area contributed by atoms with Gasteiger partial charge in [-0.3, -0.25) is 9.78 Å². The molecule has 0 fully saturated rings. The maximum absolute atomic E-state index is 13.0. The summed E-state index contributed by atoms with van der Waals surface area (Å²) >= 11 is 0. The van der Waals surface area contributed by atoms with E-state index in [1.54, 1.807) is 12.1 Å². The Balaban J connectivity index is 2.08. The highest BCUT2D eigenvalue weighted by molar-refractivity contribution is 5.79. The molecule has 20 heavy (non-hydrogen) atoms. The molecular weight excluding hydrogens is 259 g/mol. The predicted octanol–water partition coefficient (Wildman–Crippen LogP) is 2.31. The molecule has 0 aliphatic rings. The SMILES string of the molecule is CCCc1cc(=O)[nH]c(N/N=C/c2cccc(F)c2)n1. The minimum absolute atomic E-state index is 0.230. The number of nitrogens with zero attached hydrogens (tertiary/aromatic N) is 2. The Morgan fingerprint density at radius 1 is 1.45 bits per heavy atom. The quantitative estimate of drug-likeness (QED) is 0.649. The fourth-order valence-electron chi connectivity index (χ4n) is 1.70. The first-order chi connectivity index (χ1) is 9.67. The zero-order valence-corrected chi connectivity index (χ0v) is 11.1. The minimum atomic E-state index is -0.328. The number of hydrogen-bond donors (Lipinski definition) is 2. The summed E-state index contributed by atoms with van der Waals surface area (Å²) in [6.45, 7) is 2.01. The Kier molecular flexibility index (Phi) is 4.60. The smallest absolute Gasteiger partial charge is 0.252 e. The van der Waals surface area contributed by atoms with Crippen LogP contribution in [0.25, 0.3) is 0 Å². The van der Waals surface area contributed by atoms with E-state index in [1.807, 2.05) is 6.92 Å². The van der Waals surface area contributed by atoms with Crippen LogP contribution < -0.4 is 11.0 Å². The number of H-pyrrole nitrogens is 1. The van der Waals surface area contributed by atoms with Crippen molar-refractivity contribution in [1.29, 1.82) is 0 Å². The third-order valence-corrected chi connectivity index (χ3v) is 2.53. The Morgan fingerprint density at radius 3 is 3.05 bits per heavy atom. The first kappa shape index (κ1) is 13.9. The van der Waals surface area contributed by atoms with Gasteiger partial charge in [-0.2, -0.15) is 5.10 Å². The van der Waals surface area contributed by atoms with Crippen LogP contribution in [0.4, 0.5) is 10.3 Å². The van der Waals surface area contributed by atoms with E-state index in [1.165, 1.54) is 24.4 Å². The number of nitrogens with one attached hydrogen (secondary N) is 2. The van der Waals surface area contributed by atoms with Crippen LogP contribution in [0.15, 0.2) is 40.2 Å². The number of aromatic nitrogens is 2. The molecule has 1 heterocycles. The molecule has 0 amide bonds. The maximum Gasteiger partial charge on any atom is 0.252 e. The molecular formula is C14H15FN4O. The molecule has 0 bridgehead atoms. The van der Waals surface area contributed by atoms with Crippen LogP contribution in [0.5, 0.6) is 0 Å². The Hall–Kier alpha value is -2.50. The van der Waals surface area contributed by atoms with Gasteiger partial charge in [-0.25, -0.2) is 14.8 Å². The number of aromatic amines is 1. The average molecular weight is 274 g/mol. The van der Waals surface area contributed by atoms with Crippen LogP contribution in [0, 0.1) is 5.82 Å². The molecule has 0 aliphatic heterocycles. The van der Waals surface area contributed by atoms with Crippen molar-refractivity contribution in [1.82, 2.24) is 9.97 Å². The van der Waals surface area contributed by atoms with Gasteiger partial charge in [0.05, 0.1) is 6.21 Å². The summed E-state index contributed by atoms with van der Waals surface area (Å²) in [5, 5.41) is 3.92. The fraction of sp³-hybridized carbons (Fsp3) is 0.214. The molecule has 0 radical (unpaired) electrons. The van der Waals surface area contributed by atoms with Gasteiger partial charge >= 0.3 is 0 Å². The van der Waals surface area contributed by atoms with Gasteiger partial charge in [-0.1, -0.05) is 25.5 Å². The van der Waals surface area contributed by atoms with Gasteiger partial charge in [0.2, 0.25) is 5.95 Å². The van der Waals surface area contributed by atoms with Gasteiger partial charge in [0.15, 0.2) is 0 Å². The van der Waals surface area contributed by atoms with Crippen LogP contribution in [0.2, 0.25) is 0 Å². The van der Waals surface area contributed by atoms with Crippen molar-refractivity contribution in [2.45, 2.75) is 19.8 Å². The third kappa shape index (κ3) is 4.01. The maximum atomic E-state index is 13.0. The second kappa shape index (κ2) is 6.60. The number of halogens is 1. The van der Waals surface area contributed by atoms with Crippen molar-refractivity contribution in [2.75, 3.05) is 5.43 Å². The Morgan fingerprint density at radius 2 is 2.30 bits per heavy atom. The summed E-state index contributed by atoms with van der Waals surface area (Å²) in [6.07, 6.45) is 3.09. The number of hydrazone groups is 1. The molecule has 5 nitrogen and oxygen atoms in total. The molecule has 0 saturated heterocycles. The molecule has 6 heteroatoms. The van der Waals surface area contributed by atoms with Crippen molar-refractivity contribution in [3.8, 4) is 0 Å². The van der Waals surface area contributed by atoms with Crippen molar-refractivity contribution in [3.05, 3.63) is 57.8 Å². The summed E-state index contributed by atoms with van der Waals surface area (Å²) in [7, 11) is 0. The molecule has 104 valence electrons. The lowest BCUT2D eigenvalue weighted by Gasteiger charge is -2.02. The number of anilines is 1. The van der Waals surface area contributed by atoms with Crippen molar-refractivity contribution in [3.63, 3.8) is 0 Å². The number of benzene rings is 1. The fourth-order valence-corrected chi connectivity index (χ4v) is 1.70. The molecule has 0 spiro atoms. The molecule has 2 rings (SSSR count). The van der Waals surface area contributed by atoms with Gasteiger partial charge in [0.25, 0.3) is 5.56 Å². The largest absolute Gasteiger partial charge is 0.291 e. The summed E-state index contributed by atoms with van der Waals surface area (Å²) in [6, 6.07) is 7.49. The second-order valence-electron chi connectivity index (χ2n) is 4.26. The Bertz CT molecular complexity index is 666. The van der Waals surface area contributed by atoms with E-state index in [9.17, 15) is 9.18 Å². The lowest BCUT2D eigenvalue weighted by molar-refractivity contribution is 0.627. The molecule has 1 aromatic carbocycles. The monoisotopic (exact) mass is 274 g/mol. The third-order valence-electron chi connectivity index (χ3n) is 2.53. The zero-order chi connectivity index (χ0) is 14.4. The summed E-state index contributed by atoms with van der Waals surface area (Å²) in [4.78, 5) is 18.2. The van der Waals surface area contributed by atoms with E-state index in [4.69, 9.17) is 0 Å². The van der Waals surface area contributed by atoms with E-state index in [2.05, 4.69) is 20.5 Å². The average Bonchev–Trinajstić information content (AvgIpc) is 2.38. The van der Waals surface area contributed by atoms with Crippen molar-refractivity contribution in [2.24, 2.45) is 5.10 Å². The van der Waals surface area contributed by atoms with E-state index < -0.39 is 0 Å². The summed E-state index contributed by atoms with van der Waals surface area (Å²) < 4.78 is 13.0. The molecule has 1 aromatic heterocycles. The van der Waals surface area contributed by atoms with Crippen LogP contribution in [-0.2, 0) is 6.42 Å². The van der Waals surface area contributed by atoms with Crippen LogP contribution >= 0.6 is 0 Å². The van der Waals surface area contributed by atoms with E-state index in [-0.39, 0.29) is 17.3 Å². The van der Waals surface area contributed by atoms with Gasteiger partial charge in [-0.05, 0) is 24.1 Å². The number of aryl methyl sites for hydroxylation is 1. The first-order valence-corrected chi connectivity index (χ1v) is 6.32. The topological polar surface area (TPSA) is 70.1 Å². The molecule has 0 unspecified atom stereocenters. The highest BCUT2D eigenvalue weighted by atomic mass is 19.1. The molecule has 2 aromatic rings. The van der Waals surface area contributed by atoms with Gasteiger partial charge in [0.1, 0.15) is 5.82 Å². The molecule has 0 atom stereocenters. The molecule has 0 saturated carbocycles. The first-order valence-electron chi connectivity index (χ1n) is 6.32. The molecule has 0 aliphatic carbocycles. The van der Waals surface area contributed by atoms with E-state index in [0.29, 0.717) is 11.3 Å². The predicted molar refractivity (Wildman–Crippen MR) is 76.5 cm³/mol. The van der Waals surface area contributed by atoms with E-state index >= 15 is 0 Å². The standard InChI is InChI=1S/C14H15FN4O/c1-2-4-12-8-13(20)18-14(17-12)19-16-9-10-5-3-6-11(15)7-10/h3,5-9H,2,4H2,1H3,(H2,17,18,19,20)/b16-9+. The van der Waals surface area contributed by atoms with Gasteiger partial charge in [-0.15, -0.1) is 0 Å². The van der Waals surface area contributed by atoms with Gasteiger partial charge in [0, 0.05) is 11.8 Å².